The number of carbonyl (C=O) groups is 1. The molecule has 0 spiro atoms. The minimum atomic E-state index is -2.55. The topological polar surface area (TPSA) is 92.7 Å². The summed E-state index contributed by atoms with van der Waals surface area (Å²) in [5, 5.41) is 12.0. The molecule has 0 amide bonds. The molecule has 9 heteroatoms. The van der Waals surface area contributed by atoms with Crippen LogP contribution in [0.4, 0.5) is 0 Å². The minimum Gasteiger partial charge on any atom is -0.497 e. The van der Waals surface area contributed by atoms with Crippen molar-refractivity contribution >= 4 is 14.3 Å². The Morgan fingerprint density at radius 3 is 1.75 bits per heavy atom. The van der Waals surface area contributed by atoms with E-state index in [0.29, 0.717) is 48.7 Å². The number of rotatable bonds is 22. The molecule has 0 aromatic heterocycles. The summed E-state index contributed by atoms with van der Waals surface area (Å²) in [6.07, 6.45) is -2.70. The van der Waals surface area contributed by atoms with Crippen LogP contribution in [0.5, 0.6) is 11.5 Å². The highest BCUT2D eigenvalue weighted by Gasteiger charge is 2.49. The molecular formula is C43H62O8Si. The average Bonchev–Trinajstić information content (AvgIpc) is 3.13. The fourth-order valence-electron chi connectivity index (χ4n) is 7.50. The zero-order chi connectivity index (χ0) is 38.4. The third-order valence-corrected chi connectivity index (χ3v) is 16.1. The van der Waals surface area contributed by atoms with Crippen molar-refractivity contribution in [2.45, 2.75) is 109 Å². The van der Waals surface area contributed by atoms with Crippen LogP contribution in [0.15, 0.2) is 91.0 Å². The lowest BCUT2D eigenvalue weighted by Gasteiger charge is -2.46. The van der Waals surface area contributed by atoms with Gasteiger partial charge in [0, 0.05) is 0 Å². The number of carbonyl (C=O) groups excluding carboxylic acids is 1. The third-order valence-electron chi connectivity index (χ3n) is 10.0. The Balaban J connectivity index is 2.03. The molecule has 8 nitrogen and oxygen atoms in total. The Morgan fingerprint density at radius 1 is 0.750 bits per heavy atom. The molecule has 1 N–H and O–H groups in total. The molecule has 5 atom stereocenters. The summed E-state index contributed by atoms with van der Waals surface area (Å²) in [4.78, 5) is 14.0. The van der Waals surface area contributed by atoms with Gasteiger partial charge in [0.25, 0.3) is 0 Å². The van der Waals surface area contributed by atoms with Crippen LogP contribution in [-0.2, 0) is 30.0 Å². The zero-order valence-electron chi connectivity index (χ0n) is 33.0. The van der Waals surface area contributed by atoms with Crippen molar-refractivity contribution in [2.75, 3.05) is 27.9 Å². The molecule has 52 heavy (non-hydrogen) atoms. The summed E-state index contributed by atoms with van der Waals surface area (Å²) in [5.74, 6) is 0.840. The van der Waals surface area contributed by atoms with E-state index in [2.05, 4.69) is 55.0 Å². The van der Waals surface area contributed by atoms with Gasteiger partial charge in [-0.1, -0.05) is 115 Å². The van der Waals surface area contributed by atoms with Crippen LogP contribution in [0.1, 0.15) is 90.2 Å². The molecule has 0 bridgehead atoms. The Bertz CT molecular complexity index is 1470. The molecule has 0 aliphatic heterocycles. The van der Waals surface area contributed by atoms with E-state index in [1.54, 1.807) is 38.5 Å². The first-order valence-electron chi connectivity index (χ1n) is 18.4. The lowest BCUT2D eigenvalue weighted by Crippen LogP contribution is -2.54. The summed E-state index contributed by atoms with van der Waals surface area (Å²) in [7, 11) is 2.01. The van der Waals surface area contributed by atoms with Crippen LogP contribution >= 0.6 is 0 Å². The molecule has 0 heterocycles. The van der Waals surface area contributed by atoms with Crippen molar-refractivity contribution in [1.82, 2.24) is 0 Å². The first kappa shape index (κ1) is 42.9. The smallest absolute Gasteiger partial charge is 0.337 e. The standard InChI is InChI=1S/C43H62O8Si/c1-29(2)52(30(3)4,31(5)6)51-39(26-32(7)25-33(8)27-49-28-34-15-13-12-14-16-34)42(43(45)48-11)50-41(36-19-23-38(47-10)24-20-36)40(44)35-17-21-37(46-9)22-18-35/h12-24,29-32,39-42,44H,8,25-28H2,1-7,9-11H3/t32-,39-,40-,41-,42-/m1/s1. The van der Waals surface area contributed by atoms with Crippen molar-refractivity contribution in [1.29, 1.82) is 0 Å². The largest absolute Gasteiger partial charge is 0.497 e. The number of aliphatic hydroxyl groups excluding tert-OH is 1. The van der Waals surface area contributed by atoms with E-state index in [4.69, 9.17) is 28.1 Å². The number of methoxy groups -OCH3 is 3. The van der Waals surface area contributed by atoms with Gasteiger partial charge in [-0.05, 0) is 76.3 Å². The molecule has 0 saturated heterocycles. The van der Waals surface area contributed by atoms with Crippen LogP contribution in [0, 0.1) is 5.92 Å². The fourth-order valence-corrected chi connectivity index (χ4v) is 13.1. The van der Waals surface area contributed by atoms with Crippen LogP contribution in [-0.4, -0.2) is 59.5 Å². The normalized spacial score (nSPS) is 14.9. The molecule has 286 valence electrons. The predicted octanol–water partition coefficient (Wildman–Crippen LogP) is 9.79. The fraction of sp³-hybridized carbons (Fsp3) is 0.512. The second kappa shape index (κ2) is 20.7. The Morgan fingerprint density at radius 2 is 1.27 bits per heavy atom. The van der Waals surface area contributed by atoms with Gasteiger partial charge in [-0.25, -0.2) is 4.79 Å². The van der Waals surface area contributed by atoms with E-state index in [1.165, 1.54) is 7.11 Å². The van der Waals surface area contributed by atoms with Crippen molar-refractivity contribution < 1.29 is 38.0 Å². The molecule has 3 aromatic rings. The lowest BCUT2D eigenvalue weighted by atomic mass is 9.93. The number of benzene rings is 3. The molecule has 0 fully saturated rings. The quantitative estimate of drug-likeness (QED) is 0.0620. The first-order chi connectivity index (χ1) is 24.8. The Labute approximate surface area is 313 Å². The maximum atomic E-state index is 14.0. The van der Waals surface area contributed by atoms with Crippen LogP contribution in [0.3, 0.4) is 0 Å². The molecule has 0 unspecified atom stereocenters. The highest BCUT2D eigenvalue weighted by atomic mass is 28.4. The van der Waals surface area contributed by atoms with Crippen molar-refractivity contribution in [3.8, 4) is 11.5 Å². The van der Waals surface area contributed by atoms with Crippen LogP contribution in [0.2, 0.25) is 16.6 Å². The zero-order valence-corrected chi connectivity index (χ0v) is 34.0. The summed E-state index contributed by atoms with van der Waals surface area (Å²) in [6, 6.07) is 24.6. The monoisotopic (exact) mass is 734 g/mol. The second-order valence-corrected chi connectivity index (χ2v) is 20.1. The highest BCUT2D eigenvalue weighted by molar-refractivity contribution is 6.77. The van der Waals surface area contributed by atoms with Crippen LogP contribution < -0.4 is 9.47 Å². The van der Waals surface area contributed by atoms with Gasteiger partial charge in [0.05, 0.1) is 40.6 Å². The minimum absolute atomic E-state index is 0.0673. The van der Waals surface area contributed by atoms with Gasteiger partial charge < -0.3 is 33.2 Å². The van der Waals surface area contributed by atoms with E-state index in [9.17, 15) is 9.90 Å². The molecule has 0 radical (unpaired) electrons. The van der Waals surface area contributed by atoms with Gasteiger partial charge >= 0.3 is 5.97 Å². The Hall–Kier alpha value is -3.47. The maximum Gasteiger partial charge on any atom is 0.337 e. The number of aliphatic hydroxyl groups is 1. The van der Waals surface area contributed by atoms with Crippen molar-refractivity contribution in [3.63, 3.8) is 0 Å². The van der Waals surface area contributed by atoms with Gasteiger partial charge in [0.2, 0.25) is 8.32 Å². The average molecular weight is 735 g/mol. The SMILES string of the molecule is C=C(COCc1ccccc1)C[C@@H](C)C[C@@H](O[Si](C(C)C)(C(C)C)C(C)C)[C@@H](O[C@H](c1ccc(OC)cc1)[C@H](O)c1ccc(OC)cc1)C(=O)OC. The van der Waals surface area contributed by atoms with Crippen molar-refractivity contribution in [3.05, 3.63) is 108 Å². The molecule has 3 aromatic carbocycles. The molecule has 3 rings (SSSR count). The van der Waals surface area contributed by atoms with Gasteiger partial charge in [0.15, 0.2) is 6.10 Å². The number of hydrogen-bond donors (Lipinski definition) is 1. The molecule has 0 aliphatic rings. The highest BCUT2D eigenvalue weighted by Crippen LogP contribution is 2.45. The van der Waals surface area contributed by atoms with Crippen LogP contribution in [0.25, 0.3) is 0 Å². The first-order valence-corrected chi connectivity index (χ1v) is 20.6. The molecule has 0 aliphatic carbocycles. The number of esters is 1. The van der Waals surface area contributed by atoms with Gasteiger partial charge in [-0.15, -0.1) is 0 Å². The van der Waals surface area contributed by atoms with Gasteiger partial charge in [-0.2, -0.15) is 0 Å². The van der Waals surface area contributed by atoms with E-state index >= 15 is 0 Å². The third kappa shape index (κ3) is 11.5. The molecular weight excluding hydrogens is 673 g/mol. The summed E-state index contributed by atoms with van der Waals surface area (Å²) in [6.45, 7) is 20.7. The number of ether oxygens (including phenoxy) is 5. The lowest BCUT2D eigenvalue weighted by molar-refractivity contribution is -0.176. The van der Waals surface area contributed by atoms with Gasteiger partial charge in [0.1, 0.15) is 23.7 Å². The predicted molar refractivity (Wildman–Crippen MR) is 210 cm³/mol. The van der Waals surface area contributed by atoms with Crippen molar-refractivity contribution in [2.24, 2.45) is 5.92 Å². The second-order valence-electron chi connectivity index (χ2n) is 14.7. The number of hydrogen-bond acceptors (Lipinski definition) is 8. The summed E-state index contributed by atoms with van der Waals surface area (Å²) >= 11 is 0. The molecule has 0 saturated carbocycles. The van der Waals surface area contributed by atoms with E-state index in [1.807, 2.05) is 54.6 Å². The maximum absolute atomic E-state index is 14.0. The van der Waals surface area contributed by atoms with E-state index in [0.717, 1.165) is 11.1 Å². The Kier molecular flexibility index (Phi) is 17.1. The van der Waals surface area contributed by atoms with E-state index in [-0.39, 0.29) is 22.5 Å². The summed E-state index contributed by atoms with van der Waals surface area (Å²) < 4.78 is 36.5. The summed E-state index contributed by atoms with van der Waals surface area (Å²) in [5.41, 5.74) is 4.12. The van der Waals surface area contributed by atoms with Gasteiger partial charge in [-0.3, -0.25) is 0 Å². The van der Waals surface area contributed by atoms with E-state index < -0.39 is 38.7 Å².